The van der Waals surface area contributed by atoms with Gasteiger partial charge in [0.05, 0.1) is 0 Å². The summed E-state index contributed by atoms with van der Waals surface area (Å²) in [6, 6.07) is 33.5. The van der Waals surface area contributed by atoms with Gasteiger partial charge in [-0.2, -0.15) is 0 Å². The summed E-state index contributed by atoms with van der Waals surface area (Å²) in [6.45, 7) is 13.7. The fraction of sp³-hybridized carbons (Fsp3) is 0.314. The van der Waals surface area contributed by atoms with Crippen LogP contribution in [-0.2, 0) is 10.8 Å². The molecule has 3 heteroatoms. The Morgan fingerprint density at radius 2 is 1.24 bits per heavy atom. The van der Waals surface area contributed by atoms with E-state index in [9.17, 15) is 0 Å². The lowest BCUT2D eigenvalue weighted by Crippen LogP contribution is -2.38. The van der Waals surface area contributed by atoms with Crippen molar-refractivity contribution in [3.05, 3.63) is 113 Å². The second kappa shape index (κ2) is 9.28. The van der Waals surface area contributed by atoms with E-state index >= 15 is 0 Å². The molecule has 0 radical (unpaired) electrons. The van der Waals surface area contributed by atoms with Crippen LogP contribution in [0.3, 0.4) is 0 Å². The van der Waals surface area contributed by atoms with Crippen LogP contribution in [0, 0.1) is 0 Å². The predicted molar refractivity (Wildman–Crippen MR) is 160 cm³/mol. The minimum Gasteiger partial charge on any atom is -0.455 e. The number of fused-ring (bicyclic) bond motifs is 6. The summed E-state index contributed by atoms with van der Waals surface area (Å²) in [7, 11) is -0.811. The second-order valence-corrected chi connectivity index (χ2v) is 14.8. The van der Waals surface area contributed by atoms with E-state index in [0.29, 0.717) is 0 Å². The summed E-state index contributed by atoms with van der Waals surface area (Å²) in [5.74, 6) is 2.25. The highest BCUT2D eigenvalue weighted by Gasteiger charge is 2.40. The van der Waals surface area contributed by atoms with Crippen LogP contribution in [0.2, 0.25) is 0 Å². The first-order valence-electron chi connectivity index (χ1n) is 13.7. The Hall–Kier alpha value is -3.09. The van der Waals surface area contributed by atoms with Gasteiger partial charge in [0.25, 0.3) is 0 Å². The van der Waals surface area contributed by atoms with Crippen LogP contribution in [0.15, 0.2) is 91.0 Å². The van der Waals surface area contributed by atoms with Crippen molar-refractivity contribution in [1.82, 2.24) is 0 Å². The van der Waals surface area contributed by atoms with E-state index in [-0.39, 0.29) is 23.0 Å². The first-order valence-corrected chi connectivity index (χ1v) is 15.0. The van der Waals surface area contributed by atoms with E-state index in [4.69, 9.17) is 9.47 Å². The van der Waals surface area contributed by atoms with E-state index < -0.39 is 7.92 Å². The molecule has 0 fully saturated rings. The molecule has 2 atom stereocenters. The van der Waals surface area contributed by atoms with Gasteiger partial charge < -0.3 is 9.47 Å². The third-order valence-electron chi connectivity index (χ3n) is 7.80. The number of rotatable bonds is 3. The number of hydrogen-bond donors (Lipinski definition) is 0. The van der Waals surface area contributed by atoms with Crippen LogP contribution in [0.1, 0.15) is 76.1 Å². The Labute approximate surface area is 228 Å². The van der Waals surface area contributed by atoms with Gasteiger partial charge in [-0.15, -0.1) is 0 Å². The van der Waals surface area contributed by atoms with Gasteiger partial charge in [0, 0.05) is 28.8 Å². The van der Waals surface area contributed by atoms with Gasteiger partial charge in [0.1, 0.15) is 11.5 Å². The first kappa shape index (κ1) is 25.2. The van der Waals surface area contributed by atoms with Crippen LogP contribution >= 0.6 is 7.92 Å². The SMILES string of the molecule is CC(C)(C)c1ccc2c(c1)OC1CC2c2cc(C(C)(C)C)cc(P(c3ccccc3)c3ccccc3)c2O1. The molecule has 2 aliphatic rings. The summed E-state index contributed by atoms with van der Waals surface area (Å²) in [5, 5.41) is 3.95. The van der Waals surface area contributed by atoms with Gasteiger partial charge in [0.15, 0.2) is 0 Å². The van der Waals surface area contributed by atoms with Crippen molar-refractivity contribution in [2.75, 3.05) is 0 Å². The molecule has 0 spiro atoms. The lowest BCUT2D eigenvalue weighted by Gasteiger charge is -2.41. The predicted octanol–water partition coefficient (Wildman–Crippen LogP) is 7.67. The van der Waals surface area contributed by atoms with E-state index in [1.807, 2.05) is 0 Å². The van der Waals surface area contributed by atoms with Crippen molar-refractivity contribution in [1.29, 1.82) is 0 Å². The fourth-order valence-electron chi connectivity index (χ4n) is 5.60. The minimum absolute atomic E-state index is 0.0130. The summed E-state index contributed by atoms with van der Waals surface area (Å²) >= 11 is 0. The van der Waals surface area contributed by atoms with Crippen molar-refractivity contribution in [3.8, 4) is 11.5 Å². The largest absolute Gasteiger partial charge is 0.455 e. The van der Waals surface area contributed by atoms with Crippen LogP contribution < -0.4 is 25.4 Å². The summed E-state index contributed by atoms with van der Waals surface area (Å²) in [6.07, 6.45) is 0.564. The zero-order chi connectivity index (χ0) is 26.7. The molecule has 194 valence electrons. The lowest BCUT2D eigenvalue weighted by atomic mass is 9.78. The quantitative estimate of drug-likeness (QED) is 0.258. The standard InChI is InChI=1S/C35H37O2P/c1-34(2,3)23-17-18-27-28-22-32(36-30(27)20-23)37-33-29(28)19-24(35(4,5)6)21-31(33)38(25-13-9-7-10-14-25)26-15-11-8-12-16-26/h7-21,28,32H,22H2,1-6H3. The third-order valence-corrected chi connectivity index (χ3v) is 10.2. The van der Waals surface area contributed by atoms with Gasteiger partial charge in [0.2, 0.25) is 6.29 Å². The van der Waals surface area contributed by atoms with Crippen molar-refractivity contribution in [2.24, 2.45) is 0 Å². The Balaban J connectivity index is 1.59. The highest BCUT2D eigenvalue weighted by atomic mass is 31.1. The third kappa shape index (κ3) is 4.54. The van der Waals surface area contributed by atoms with E-state index in [2.05, 4.69) is 133 Å². The van der Waals surface area contributed by atoms with Crippen molar-refractivity contribution in [2.45, 2.75) is 71.0 Å². The summed E-state index contributed by atoms with van der Waals surface area (Å²) in [4.78, 5) is 0. The topological polar surface area (TPSA) is 18.5 Å². The average Bonchev–Trinajstić information content (AvgIpc) is 2.89. The van der Waals surface area contributed by atoms with E-state index in [1.54, 1.807) is 0 Å². The molecule has 4 aromatic rings. The molecule has 4 aromatic carbocycles. The number of hydrogen-bond acceptors (Lipinski definition) is 2. The first-order chi connectivity index (χ1) is 18.1. The van der Waals surface area contributed by atoms with Crippen LogP contribution in [-0.4, -0.2) is 6.29 Å². The maximum Gasteiger partial charge on any atom is 0.242 e. The Morgan fingerprint density at radius 1 is 0.632 bits per heavy atom. The lowest BCUT2D eigenvalue weighted by molar-refractivity contribution is -0.0257. The Kier molecular flexibility index (Phi) is 6.15. The van der Waals surface area contributed by atoms with Gasteiger partial charge in [-0.25, -0.2) is 0 Å². The molecule has 0 amide bonds. The maximum absolute atomic E-state index is 6.80. The zero-order valence-electron chi connectivity index (χ0n) is 23.3. The number of ether oxygens (including phenoxy) is 2. The van der Waals surface area contributed by atoms with E-state index in [1.165, 1.54) is 38.2 Å². The zero-order valence-corrected chi connectivity index (χ0v) is 24.2. The van der Waals surface area contributed by atoms with Crippen LogP contribution in [0.5, 0.6) is 11.5 Å². The molecule has 38 heavy (non-hydrogen) atoms. The maximum atomic E-state index is 6.80. The van der Waals surface area contributed by atoms with Gasteiger partial charge in [-0.1, -0.05) is 120 Å². The highest BCUT2D eigenvalue weighted by Crippen LogP contribution is 2.51. The number of benzene rings is 4. The monoisotopic (exact) mass is 520 g/mol. The molecule has 2 heterocycles. The van der Waals surface area contributed by atoms with Crippen LogP contribution in [0.25, 0.3) is 0 Å². The molecule has 2 aliphatic heterocycles. The smallest absolute Gasteiger partial charge is 0.242 e. The Morgan fingerprint density at radius 3 is 1.82 bits per heavy atom. The molecule has 2 unspecified atom stereocenters. The molecule has 2 bridgehead atoms. The molecule has 0 saturated carbocycles. The van der Waals surface area contributed by atoms with Crippen LogP contribution in [0.4, 0.5) is 0 Å². The molecule has 0 N–H and O–H groups in total. The van der Waals surface area contributed by atoms with E-state index in [0.717, 1.165) is 17.9 Å². The fourth-order valence-corrected chi connectivity index (χ4v) is 8.05. The Bertz CT molecular complexity index is 1420. The van der Waals surface area contributed by atoms with Crippen molar-refractivity contribution >= 4 is 23.8 Å². The summed E-state index contributed by atoms with van der Waals surface area (Å²) in [5.41, 5.74) is 5.30. The summed E-state index contributed by atoms with van der Waals surface area (Å²) < 4.78 is 13.3. The van der Waals surface area contributed by atoms with Gasteiger partial charge >= 0.3 is 0 Å². The average molecular weight is 521 g/mol. The van der Waals surface area contributed by atoms with Crippen molar-refractivity contribution < 1.29 is 9.47 Å². The molecule has 0 saturated heterocycles. The molecular formula is C35H37O2P. The van der Waals surface area contributed by atoms with Gasteiger partial charge in [-0.3, -0.25) is 0 Å². The molecule has 0 aliphatic carbocycles. The molecule has 2 nitrogen and oxygen atoms in total. The molecule has 6 rings (SSSR count). The minimum atomic E-state index is -0.811. The molecular weight excluding hydrogens is 483 g/mol. The normalized spacial score (nSPS) is 18.3. The molecule has 0 aromatic heterocycles. The highest BCUT2D eigenvalue weighted by molar-refractivity contribution is 7.80. The second-order valence-electron chi connectivity index (χ2n) is 12.6. The van der Waals surface area contributed by atoms with Crippen molar-refractivity contribution in [3.63, 3.8) is 0 Å². The van der Waals surface area contributed by atoms with Gasteiger partial charge in [-0.05, 0) is 52.6 Å².